The van der Waals surface area contributed by atoms with Crippen LogP contribution in [0.25, 0.3) is 10.2 Å². The Labute approximate surface area is 139 Å². The van der Waals surface area contributed by atoms with Gasteiger partial charge in [0.15, 0.2) is 0 Å². The van der Waals surface area contributed by atoms with E-state index in [9.17, 15) is 4.79 Å². The molecule has 6 heteroatoms. The monoisotopic (exact) mass is 335 g/mol. The fourth-order valence-electron chi connectivity index (χ4n) is 2.89. The van der Waals surface area contributed by atoms with Gasteiger partial charge in [-0.15, -0.1) is 11.3 Å². The first kappa shape index (κ1) is 15.7. The Bertz CT molecular complexity index is 705. The van der Waals surface area contributed by atoms with Crippen molar-refractivity contribution in [2.75, 3.05) is 5.75 Å². The summed E-state index contributed by atoms with van der Waals surface area (Å²) in [4.78, 5) is 23.5. The van der Waals surface area contributed by atoms with Gasteiger partial charge in [0.25, 0.3) is 0 Å². The number of carbonyl (C=O) groups is 1. The highest BCUT2D eigenvalue weighted by Gasteiger charge is 2.18. The van der Waals surface area contributed by atoms with Gasteiger partial charge in [0.1, 0.15) is 15.7 Å². The van der Waals surface area contributed by atoms with Crippen molar-refractivity contribution in [3.63, 3.8) is 0 Å². The van der Waals surface area contributed by atoms with E-state index in [0.29, 0.717) is 11.8 Å². The third kappa shape index (κ3) is 3.27. The lowest BCUT2D eigenvalue weighted by molar-refractivity contribution is -0.119. The Morgan fingerprint density at radius 2 is 2.00 bits per heavy atom. The first-order chi connectivity index (χ1) is 10.5. The molecule has 1 fully saturated rings. The van der Waals surface area contributed by atoms with E-state index in [2.05, 4.69) is 29.1 Å². The molecule has 1 aliphatic carbocycles. The molecule has 2 aromatic rings. The molecule has 1 aliphatic rings. The Balaban J connectivity index is 1.74. The van der Waals surface area contributed by atoms with Crippen LogP contribution in [0.3, 0.4) is 0 Å². The summed E-state index contributed by atoms with van der Waals surface area (Å²) < 4.78 is 0. The third-order valence-electron chi connectivity index (χ3n) is 4.17. The molecule has 22 heavy (non-hydrogen) atoms. The van der Waals surface area contributed by atoms with Crippen LogP contribution in [-0.2, 0) is 4.79 Å². The van der Waals surface area contributed by atoms with Crippen molar-refractivity contribution >= 4 is 39.2 Å². The summed E-state index contributed by atoms with van der Waals surface area (Å²) in [7, 11) is 0. The number of hydrogen-bond acceptors (Lipinski definition) is 5. The third-order valence-corrected chi connectivity index (χ3v) is 6.24. The average Bonchev–Trinajstić information content (AvgIpc) is 3.05. The largest absolute Gasteiger partial charge is 0.353 e. The number of fused-ring (bicyclic) bond motifs is 1. The molecule has 1 amide bonds. The van der Waals surface area contributed by atoms with Crippen LogP contribution in [0.1, 0.15) is 41.9 Å². The molecule has 3 rings (SSSR count). The predicted molar refractivity (Wildman–Crippen MR) is 92.7 cm³/mol. The number of thioether (sulfide) groups is 1. The highest BCUT2D eigenvalue weighted by Crippen LogP contribution is 2.35. The maximum absolute atomic E-state index is 12.1. The van der Waals surface area contributed by atoms with E-state index < -0.39 is 0 Å². The van der Waals surface area contributed by atoms with E-state index in [1.807, 2.05) is 6.92 Å². The Hall–Kier alpha value is -1.14. The molecule has 2 aromatic heterocycles. The molecule has 0 saturated heterocycles. The number of nitrogens with one attached hydrogen (secondary N) is 1. The van der Waals surface area contributed by atoms with E-state index in [1.165, 1.54) is 35.0 Å². The molecule has 0 spiro atoms. The van der Waals surface area contributed by atoms with Crippen molar-refractivity contribution in [2.24, 2.45) is 0 Å². The van der Waals surface area contributed by atoms with Crippen LogP contribution in [0.2, 0.25) is 0 Å². The molecule has 0 radical (unpaired) electrons. The molecule has 1 N–H and O–H groups in total. The van der Waals surface area contributed by atoms with E-state index in [4.69, 9.17) is 0 Å². The minimum atomic E-state index is 0.117. The molecular formula is C16H21N3OS2. The van der Waals surface area contributed by atoms with E-state index in [1.54, 1.807) is 11.3 Å². The first-order valence-electron chi connectivity index (χ1n) is 7.71. The van der Waals surface area contributed by atoms with Crippen LogP contribution in [0, 0.1) is 20.8 Å². The Morgan fingerprint density at radius 3 is 2.73 bits per heavy atom. The van der Waals surface area contributed by atoms with Crippen LogP contribution < -0.4 is 5.32 Å². The van der Waals surface area contributed by atoms with Crippen molar-refractivity contribution in [2.45, 2.75) is 57.5 Å². The molecule has 0 aliphatic heterocycles. The number of amides is 1. The first-order valence-corrected chi connectivity index (χ1v) is 9.51. The van der Waals surface area contributed by atoms with Crippen LogP contribution in [0.4, 0.5) is 0 Å². The lowest BCUT2D eigenvalue weighted by Gasteiger charge is -2.11. The number of hydrogen-bond donors (Lipinski definition) is 1. The second kappa shape index (κ2) is 6.54. The minimum absolute atomic E-state index is 0.117. The summed E-state index contributed by atoms with van der Waals surface area (Å²) in [5.41, 5.74) is 1.23. The predicted octanol–water partition coefficient (Wildman–Crippen LogP) is 3.77. The molecule has 2 heterocycles. The lowest BCUT2D eigenvalue weighted by Crippen LogP contribution is -2.33. The van der Waals surface area contributed by atoms with Crippen LogP contribution >= 0.6 is 23.1 Å². The molecular weight excluding hydrogens is 314 g/mol. The summed E-state index contributed by atoms with van der Waals surface area (Å²) in [5, 5.41) is 5.18. The van der Waals surface area contributed by atoms with E-state index in [-0.39, 0.29) is 5.91 Å². The highest BCUT2D eigenvalue weighted by molar-refractivity contribution is 8.00. The highest BCUT2D eigenvalue weighted by atomic mass is 32.2. The summed E-state index contributed by atoms with van der Waals surface area (Å²) in [6, 6.07) is 0.380. The van der Waals surface area contributed by atoms with Gasteiger partial charge in [-0.2, -0.15) is 0 Å². The fraction of sp³-hybridized carbons (Fsp3) is 0.562. The average molecular weight is 335 g/mol. The van der Waals surface area contributed by atoms with Crippen molar-refractivity contribution in [1.82, 2.24) is 15.3 Å². The van der Waals surface area contributed by atoms with Crippen molar-refractivity contribution in [3.05, 3.63) is 16.3 Å². The zero-order valence-electron chi connectivity index (χ0n) is 13.2. The SMILES string of the molecule is Cc1nc(SCC(=O)NC2CCCC2)c2c(C)c(C)sc2n1. The molecule has 0 bridgehead atoms. The number of aryl methyl sites for hydroxylation is 3. The second-order valence-electron chi connectivity index (χ2n) is 5.88. The number of nitrogens with zero attached hydrogens (tertiary/aromatic N) is 2. The molecule has 118 valence electrons. The molecule has 4 nitrogen and oxygen atoms in total. The smallest absolute Gasteiger partial charge is 0.230 e. The Kier molecular flexibility index (Phi) is 4.68. The van der Waals surface area contributed by atoms with Gasteiger partial charge in [0.2, 0.25) is 5.91 Å². The van der Waals surface area contributed by atoms with Gasteiger partial charge in [-0.05, 0) is 39.2 Å². The normalized spacial score (nSPS) is 15.6. The molecule has 0 unspecified atom stereocenters. The molecule has 1 saturated carbocycles. The van der Waals surface area contributed by atoms with Gasteiger partial charge >= 0.3 is 0 Å². The molecule has 0 atom stereocenters. The number of thiophene rings is 1. The van der Waals surface area contributed by atoms with Gasteiger partial charge in [-0.3, -0.25) is 4.79 Å². The lowest BCUT2D eigenvalue weighted by atomic mass is 10.2. The fourth-order valence-corrected chi connectivity index (χ4v) is 4.97. The van der Waals surface area contributed by atoms with Gasteiger partial charge in [-0.25, -0.2) is 9.97 Å². The van der Waals surface area contributed by atoms with Crippen LogP contribution in [-0.4, -0.2) is 27.7 Å². The van der Waals surface area contributed by atoms with Gasteiger partial charge in [0, 0.05) is 16.3 Å². The number of aromatic nitrogens is 2. The molecule has 0 aromatic carbocycles. The summed E-state index contributed by atoms with van der Waals surface area (Å²) in [5.74, 6) is 1.31. The Morgan fingerprint density at radius 1 is 1.27 bits per heavy atom. The second-order valence-corrected chi connectivity index (χ2v) is 8.04. The topological polar surface area (TPSA) is 54.9 Å². The quantitative estimate of drug-likeness (QED) is 0.682. The maximum atomic E-state index is 12.1. The van der Waals surface area contributed by atoms with Crippen LogP contribution in [0.15, 0.2) is 5.03 Å². The number of rotatable bonds is 4. The van der Waals surface area contributed by atoms with Crippen molar-refractivity contribution < 1.29 is 4.79 Å². The summed E-state index contributed by atoms with van der Waals surface area (Å²) in [6.07, 6.45) is 4.71. The summed E-state index contributed by atoms with van der Waals surface area (Å²) in [6.45, 7) is 6.13. The van der Waals surface area contributed by atoms with Gasteiger partial charge < -0.3 is 5.32 Å². The van der Waals surface area contributed by atoms with E-state index >= 15 is 0 Å². The van der Waals surface area contributed by atoms with Gasteiger partial charge in [0.05, 0.1) is 5.75 Å². The van der Waals surface area contributed by atoms with E-state index in [0.717, 1.165) is 33.9 Å². The van der Waals surface area contributed by atoms with Gasteiger partial charge in [-0.1, -0.05) is 24.6 Å². The van der Waals surface area contributed by atoms with Crippen LogP contribution in [0.5, 0.6) is 0 Å². The zero-order chi connectivity index (χ0) is 15.7. The standard InChI is InChI=1S/C16H21N3OS2/c1-9-10(2)22-16-14(9)15(17-11(3)18-16)21-8-13(20)19-12-6-4-5-7-12/h12H,4-8H2,1-3H3,(H,19,20). The minimum Gasteiger partial charge on any atom is -0.353 e. The summed E-state index contributed by atoms with van der Waals surface area (Å²) >= 11 is 3.23. The van der Waals surface area contributed by atoms with Crippen molar-refractivity contribution in [3.8, 4) is 0 Å². The number of carbonyl (C=O) groups excluding carboxylic acids is 1. The maximum Gasteiger partial charge on any atom is 0.230 e. The zero-order valence-corrected chi connectivity index (χ0v) is 14.9. The van der Waals surface area contributed by atoms with Crippen molar-refractivity contribution in [1.29, 1.82) is 0 Å².